The van der Waals surface area contributed by atoms with Crippen molar-refractivity contribution in [3.8, 4) is 5.69 Å². The third-order valence-corrected chi connectivity index (χ3v) is 4.49. The van der Waals surface area contributed by atoms with E-state index in [9.17, 15) is 0 Å². The molecule has 0 radical (unpaired) electrons. The molecule has 102 valence electrons. The van der Waals surface area contributed by atoms with Gasteiger partial charge in [0.2, 0.25) is 0 Å². The molecular formula is C15H12BrClN2S. The summed E-state index contributed by atoms with van der Waals surface area (Å²) in [7, 11) is 0. The summed E-state index contributed by atoms with van der Waals surface area (Å²) in [5.41, 5.74) is 5.27. The number of fused-ring (bicyclic) bond motifs is 1. The van der Waals surface area contributed by atoms with E-state index in [1.54, 1.807) is 0 Å². The van der Waals surface area contributed by atoms with E-state index < -0.39 is 0 Å². The molecule has 0 spiro atoms. The number of halogens is 2. The molecule has 0 fully saturated rings. The number of aromatic nitrogens is 2. The van der Waals surface area contributed by atoms with Crippen LogP contribution in [0, 0.1) is 18.6 Å². The Morgan fingerprint density at radius 3 is 2.70 bits per heavy atom. The summed E-state index contributed by atoms with van der Waals surface area (Å²) in [6.45, 7) is 4.16. The molecule has 3 rings (SSSR count). The third kappa shape index (κ3) is 2.12. The average Bonchev–Trinajstić information content (AvgIpc) is 2.67. The highest BCUT2D eigenvalue weighted by Crippen LogP contribution is 2.31. The number of benzene rings is 2. The van der Waals surface area contributed by atoms with Crippen LogP contribution in [-0.4, -0.2) is 9.55 Å². The summed E-state index contributed by atoms with van der Waals surface area (Å²) in [6.07, 6.45) is 0. The van der Waals surface area contributed by atoms with E-state index in [2.05, 4.69) is 46.9 Å². The van der Waals surface area contributed by atoms with Crippen LogP contribution in [-0.2, 0) is 0 Å². The molecule has 0 atom stereocenters. The first kappa shape index (κ1) is 13.9. The Hall–Kier alpha value is -1.10. The Morgan fingerprint density at radius 2 is 2.00 bits per heavy atom. The van der Waals surface area contributed by atoms with Gasteiger partial charge in [-0.1, -0.05) is 23.7 Å². The van der Waals surface area contributed by atoms with Gasteiger partial charge in [0.05, 0.1) is 21.7 Å². The standard InChI is InChI=1S/C15H12BrClN2S/c1-8-6-9(2)14(10(16)7-8)19-12-5-3-4-11(17)13(12)18-15(19)20/h3-7H,1-2H3,(H,18,20). The van der Waals surface area contributed by atoms with Crippen LogP contribution in [0.2, 0.25) is 5.02 Å². The summed E-state index contributed by atoms with van der Waals surface area (Å²) in [4.78, 5) is 3.19. The molecule has 0 aliphatic carbocycles. The minimum Gasteiger partial charge on any atom is -0.329 e. The number of H-pyrrole nitrogens is 1. The zero-order chi connectivity index (χ0) is 14.4. The fraction of sp³-hybridized carbons (Fsp3) is 0.133. The van der Waals surface area contributed by atoms with Crippen molar-refractivity contribution in [2.75, 3.05) is 0 Å². The van der Waals surface area contributed by atoms with Gasteiger partial charge in [0, 0.05) is 4.47 Å². The van der Waals surface area contributed by atoms with Gasteiger partial charge < -0.3 is 4.98 Å². The molecule has 0 saturated carbocycles. The minimum absolute atomic E-state index is 0.640. The molecule has 1 N–H and O–H groups in total. The number of aromatic amines is 1. The van der Waals surface area contributed by atoms with Gasteiger partial charge in [-0.15, -0.1) is 0 Å². The van der Waals surface area contributed by atoms with Crippen molar-refractivity contribution >= 4 is 50.8 Å². The normalized spacial score (nSPS) is 11.2. The Kier molecular flexibility index (Phi) is 3.48. The second kappa shape index (κ2) is 5.02. The number of para-hydroxylation sites is 1. The largest absolute Gasteiger partial charge is 0.329 e. The predicted octanol–water partition coefficient (Wildman–Crippen LogP) is 5.72. The Morgan fingerprint density at radius 1 is 1.25 bits per heavy atom. The molecule has 2 nitrogen and oxygen atoms in total. The fourth-order valence-corrected chi connectivity index (χ4v) is 3.87. The van der Waals surface area contributed by atoms with Crippen LogP contribution < -0.4 is 0 Å². The maximum absolute atomic E-state index is 6.23. The lowest BCUT2D eigenvalue weighted by atomic mass is 10.1. The first-order chi connectivity index (χ1) is 9.49. The lowest BCUT2D eigenvalue weighted by Crippen LogP contribution is -1.99. The molecule has 1 aromatic heterocycles. The van der Waals surface area contributed by atoms with Gasteiger partial charge in [-0.25, -0.2) is 0 Å². The highest BCUT2D eigenvalue weighted by molar-refractivity contribution is 9.10. The van der Waals surface area contributed by atoms with E-state index in [1.807, 2.05) is 22.8 Å². The van der Waals surface area contributed by atoms with Crippen LogP contribution in [0.5, 0.6) is 0 Å². The molecule has 0 aliphatic heterocycles. The van der Waals surface area contributed by atoms with Crippen LogP contribution in [0.25, 0.3) is 16.7 Å². The van der Waals surface area contributed by atoms with Crippen LogP contribution in [0.3, 0.4) is 0 Å². The lowest BCUT2D eigenvalue weighted by Gasteiger charge is -2.12. The number of aryl methyl sites for hydroxylation is 2. The van der Waals surface area contributed by atoms with Gasteiger partial charge in [-0.05, 0) is 71.3 Å². The van der Waals surface area contributed by atoms with Gasteiger partial charge in [-0.3, -0.25) is 4.57 Å². The molecule has 0 bridgehead atoms. The van der Waals surface area contributed by atoms with Crippen LogP contribution >= 0.6 is 39.7 Å². The number of nitrogens with one attached hydrogen (secondary N) is 1. The zero-order valence-corrected chi connectivity index (χ0v) is 14.2. The Labute approximate surface area is 135 Å². The molecule has 0 saturated heterocycles. The molecule has 5 heteroatoms. The van der Waals surface area contributed by atoms with Crippen molar-refractivity contribution in [1.29, 1.82) is 0 Å². The van der Waals surface area contributed by atoms with Crippen LogP contribution in [0.1, 0.15) is 11.1 Å². The third-order valence-electron chi connectivity index (χ3n) is 3.29. The molecule has 0 unspecified atom stereocenters. The SMILES string of the molecule is Cc1cc(C)c(-n2c(=S)[nH]c3c(Cl)cccc32)c(Br)c1. The summed E-state index contributed by atoms with van der Waals surface area (Å²) in [5, 5.41) is 0.674. The highest BCUT2D eigenvalue weighted by atomic mass is 79.9. The monoisotopic (exact) mass is 366 g/mol. The molecule has 2 aromatic carbocycles. The first-order valence-corrected chi connectivity index (χ1v) is 7.73. The molecule has 0 aliphatic rings. The smallest absolute Gasteiger partial charge is 0.182 e. The summed E-state index contributed by atoms with van der Waals surface area (Å²) >= 11 is 15.4. The van der Waals surface area contributed by atoms with Gasteiger partial charge in [0.1, 0.15) is 0 Å². The summed E-state index contributed by atoms with van der Waals surface area (Å²) < 4.78 is 3.68. The van der Waals surface area contributed by atoms with E-state index in [1.165, 1.54) is 5.56 Å². The van der Waals surface area contributed by atoms with Crippen molar-refractivity contribution in [3.63, 3.8) is 0 Å². The maximum atomic E-state index is 6.23. The number of imidazole rings is 1. The van der Waals surface area contributed by atoms with E-state index in [0.29, 0.717) is 9.79 Å². The molecule has 1 heterocycles. The van der Waals surface area contributed by atoms with Crippen molar-refractivity contribution in [1.82, 2.24) is 9.55 Å². The maximum Gasteiger partial charge on any atom is 0.182 e. The quantitative estimate of drug-likeness (QED) is 0.545. The Balaban J connectivity index is 2.45. The van der Waals surface area contributed by atoms with E-state index in [4.69, 9.17) is 23.8 Å². The summed E-state index contributed by atoms with van der Waals surface area (Å²) in [6, 6.07) is 10.0. The van der Waals surface area contributed by atoms with E-state index in [-0.39, 0.29) is 0 Å². The molecular weight excluding hydrogens is 356 g/mol. The van der Waals surface area contributed by atoms with Gasteiger partial charge in [-0.2, -0.15) is 0 Å². The Bertz CT molecular complexity index is 856. The zero-order valence-electron chi connectivity index (χ0n) is 11.0. The first-order valence-electron chi connectivity index (χ1n) is 6.15. The number of hydrogen-bond donors (Lipinski definition) is 1. The molecule has 20 heavy (non-hydrogen) atoms. The second-order valence-electron chi connectivity index (χ2n) is 4.81. The average molecular weight is 368 g/mol. The molecule has 3 aromatic rings. The predicted molar refractivity (Wildman–Crippen MR) is 90.6 cm³/mol. The van der Waals surface area contributed by atoms with Crippen molar-refractivity contribution < 1.29 is 0 Å². The number of rotatable bonds is 1. The van der Waals surface area contributed by atoms with Crippen molar-refractivity contribution in [3.05, 3.63) is 55.7 Å². The topological polar surface area (TPSA) is 20.7 Å². The van der Waals surface area contributed by atoms with Gasteiger partial charge >= 0.3 is 0 Å². The van der Waals surface area contributed by atoms with Crippen molar-refractivity contribution in [2.45, 2.75) is 13.8 Å². The number of nitrogens with zero attached hydrogens (tertiary/aromatic N) is 1. The lowest BCUT2D eigenvalue weighted by molar-refractivity contribution is 1.04. The van der Waals surface area contributed by atoms with Crippen LogP contribution in [0.4, 0.5) is 0 Å². The van der Waals surface area contributed by atoms with Crippen molar-refractivity contribution in [2.24, 2.45) is 0 Å². The van der Waals surface area contributed by atoms with Crippen LogP contribution in [0.15, 0.2) is 34.8 Å². The summed E-state index contributed by atoms with van der Waals surface area (Å²) in [5.74, 6) is 0. The van der Waals surface area contributed by atoms with E-state index in [0.717, 1.165) is 26.8 Å². The fourth-order valence-electron chi connectivity index (χ4n) is 2.51. The van der Waals surface area contributed by atoms with E-state index >= 15 is 0 Å². The molecule has 0 amide bonds. The highest BCUT2D eigenvalue weighted by Gasteiger charge is 2.13. The minimum atomic E-state index is 0.640. The van der Waals surface area contributed by atoms with Gasteiger partial charge in [0.25, 0.3) is 0 Å². The number of hydrogen-bond acceptors (Lipinski definition) is 1. The van der Waals surface area contributed by atoms with Gasteiger partial charge in [0.15, 0.2) is 4.77 Å². The second-order valence-corrected chi connectivity index (χ2v) is 6.46.